The van der Waals surface area contributed by atoms with Gasteiger partial charge in [0, 0.05) is 4.88 Å². The number of hydrogen-bond acceptors (Lipinski definition) is 3. The van der Waals surface area contributed by atoms with Crippen molar-refractivity contribution in [3.63, 3.8) is 0 Å². The Morgan fingerprint density at radius 3 is 2.75 bits per heavy atom. The predicted molar refractivity (Wildman–Crippen MR) is 81.7 cm³/mol. The third-order valence-electron chi connectivity index (χ3n) is 3.01. The van der Waals surface area contributed by atoms with Crippen molar-refractivity contribution in [2.24, 2.45) is 0 Å². The number of hydroxylamine groups is 1. The number of rotatable bonds is 6. The predicted octanol–water partition coefficient (Wildman–Crippen LogP) is 3.87. The van der Waals surface area contributed by atoms with Gasteiger partial charge in [-0.15, -0.1) is 11.3 Å². The second-order valence-corrected chi connectivity index (χ2v) is 5.90. The molecule has 4 heteroatoms. The van der Waals surface area contributed by atoms with Crippen LogP contribution in [0.4, 0.5) is 0 Å². The summed E-state index contributed by atoms with van der Waals surface area (Å²) in [4.78, 5) is 19.1. The lowest BCUT2D eigenvalue weighted by atomic mass is 10.1. The molecule has 1 aromatic carbocycles. The summed E-state index contributed by atoms with van der Waals surface area (Å²) in [7, 11) is 0. The van der Waals surface area contributed by atoms with E-state index in [-0.39, 0.29) is 5.91 Å². The van der Waals surface area contributed by atoms with Crippen molar-refractivity contribution < 1.29 is 9.63 Å². The fourth-order valence-electron chi connectivity index (χ4n) is 1.96. The molecular weight excluding hydrogens is 270 g/mol. The van der Waals surface area contributed by atoms with Gasteiger partial charge in [0.25, 0.3) is 5.91 Å². The van der Waals surface area contributed by atoms with Gasteiger partial charge in [0.05, 0.1) is 11.5 Å². The average Bonchev–Trinajstić information content (AvgIpc) is 2.82. The van der Waals surface area contributed by atoms with E-state index >= 15 is 0 Å². The van der Waals surface area contributed by atoms with Crippen molar-refractivity contribution in [1.82, 2.24) is 5.48 Å². The molecule has 0 fully saturated rings. The molecule has 2 rings (SSSR count). The minimum atomic E-state index is -0.170. The van der Waals surface area contributed by atoms with Gasteiger partial charge in [0.15, 0.2) is 0 Å². The van der Waals surface area contributed by atoms with Gasteiger partial charge in [-0.1, -0.05) is 43.7 Å². The summed E-state index contributed by atoms with van der Waals surface area (Å²) >= 11 is 1.52. The minimum Gasteiger partial charge on any atom is -0.269 e. The molecule has 1 amide bonds. The van der Waals surface area contributed by atoms with Gasteiger partial charge in [0.1, 0.15) is 0 Å². The lowest BCUT2D eigenvalue weighted by Crippen LogP contribution is -2.22. The van der Waals surface area contributed by atoms with Crippen LogP contribution in [-0.4, -0.2) is 5.91 Å². The summed E-state index contributed by atoms with van der Waals surface area (Å²) in [6, 6.07) is 11.7. The number of aryl methyl sites for hydroxylation is 2. The van der Waals surface area contributed by atoms with E-state index in [0.717, 1.165) is 18.4 Å². The molecule has 0 saturated carbocycles. The third-order valence-corrected chi connectivity index (χ3v) is 4.10. The molecule has 0 spiro atoms. The topological polar surface area (TPSA) is 38.3 Å². The molecule has 1 aromatic heterocycles. The van der Waals surface area contributed by atoms with Crippen LogP contribution in [0.1, 0.15) is 39.0 Å². The monoisotopic (exact) mass is 289 g/mol. The Morgan fingerprint density at radius 2 is 2.05 bits per heavy atom. The maximum absolute atomic E-state index is 12.0. The molecule has 0 aliphatic rings. The molecule has 0 saturated heterocycles. The normalized spacial score (nSPS) is 10.5. The van der Waals surface area contributed by atoms with Crippen LogP contribution in [0.25, 0.3) is 0 Å². The van der Waals surface area contributed by atoms with Crippen molar-refractivity contribution in [3.8, 4) is 0 Å². The van der Waals surface area contributed by atoms with E-state index in [9.17, 15) is 4.79 Å². The summed E-state index contributed by atoms with van der Waals surface area (Å²) in [5.41, 5.74) is 4.79. The average molecular weight is 289 g/mol. The van der Waals surface area contributed by atoms with Gasteiger partial charge < -0.3 is 0 Å². The van der Waals surface area contributed by atoms with Crippen molar-refractivity contribution >= 4 is 17.2 Å². The van der Waals surface area contributed by atoms with E-state index in [1.807, 2.05) is 36.4 Å². The van der Waals surface area contributed by atoms with E-state index in [1.54, 1.807) is 0 Å². The zero-order valence-corrected chi connectivity index (χ0v) is 12.6. The number of hydrogen-bond donors (Lipinski definition) is 1. The van der Waals surface area contributed by atoms with Gasteiger partial charge in [-0.25, -0.2) is 5.48 Å². The fraction of sp³-hybridized carbons (Fsp3) is 0.312. The van der Waals surface area contributed by atoms with Crippen LogP contribution in [0.5, 0.6) is 0 Å². The van der Waals surface area contributed by atoms with Crippen LogP contribution in [0, 0.1) is 6.92 Å². The van der Waals surface area contributed by atoms with Gasteiger partial charge >= 0.3 is 0 Å². The van der Waals surface area contributed by atoms with Crippen LogP contribution in [0.3, 0.4) is 0 Å². The summed E-state index contributed by atoms with van der Waals surface area (Å²) in [6.07, 6.45) is 2.10. The first-order chi connectivity index (χ1) is 9.70. The first-order valence-electron chi connectivity index (χ1n) is 6.76. The Bertz CT molecular complexity index is 563. The number of amides is 1. The molecule has 2 aromatic rings. The molecule has 3 nitrogen and oxygen atoms in total. The molecular formula is C16H19NO2S. The lowest BCUT2D eigenvalue weighted by molar-refractivity contribution is 0.0237. The second-order valence-electron chi connectivity index (χ2n) is 4.65. The van der Waals surface area contributed by atoms with Gasteiger partial charge in [0.2, 0.25) is 0 Å². The third kappa shape index (κ3) is 3.92. The van der Waals surface area contributed by atoms with E-state index in [0.29, 0.717) is 11.5 Å². The number of carbonyl (C=O) groups excluding carboxylic acids is 1. The second kappa shape index (κ2) is 7.22. The Hall–Kier alpha value is -1.65. The standard InChI is InChI=1S/C16H19NO2S/c1-3-7-14-10-15(20-12(14)2)16(18)17-19-11-13-8-5-4-6-9-13/h4-6,8-10H,3,7,11H2,1-2H3,(H,17,18). The van der Waals surface area contributed by atoms with E-state index in [2.05, 4.69) is 19.3 Å². The maximum Gasteiger partial charge on any atom is 0.284 e. The highest BCUT2D eigenvalue weighted by molar-refractivity contribution is 7.14. The Labute approximate surface area is 123 Å². The first kappa shape index (κ1) is 14.8. The smallest absolute Gasteiger partial charge is 0.269 e. The fourth-order valence-corrected chi connectivity index (χ4v) is 2.92. The van der Waals surface area contributed by atoms with E-state index in [1.165, 1.54) is 21.8 Å². The van der Waals surface area contributed by atoms with Crippen LogP contribution < -0.4 is 5.48 Å². The largest absolute Gasteiger partial charge is 0.284 e. The summed E-state index contributed by atoms with van der Waals surface area (Å²) in [5.74, 6) is -0.170. The minimum absolute atomic E-state index is 0.170. The van der Waals surface area contributed by atoms with Crippen molar-refractivity contribution in [3.05, 3.63) is 57.3 Å². The highest BCUT2D eigenvalue weighted by atomic mass is 32.1. The number of nitrogens with one attached hydrogen (secondary N) is 1. The number of benzene rings is 1. The van der Waals surface area contributed by atoms with Gasteiger partial charge in [-0.2, -0.15) is 0 Å². The van der Waals surface area contributed by atoms with Crippen molar-refractivity contribution in [1.29, 1.82) is 0 Å². The molecule has 0 radical (unpaired) electrons. The first-order valence-corrected chi connectivity index (χ1v) is 7.57. The van der Waals surface area contributed by atoms with Crippen molar-refractivity contribution in [2.45, 2.75) is 33.3 Å². The molecule has 106 valence electrons. The highest BCUT2D eigenvalue weighted by Gasteiger charge is 2.12. The number of carbonyl (C=O) groups is 1. The SMILES string of the molecule is CCCc1cc(C(=O)NOCc2ccccc2)sc1C. The highest BCUT2D eigenvalue weighted by Crippen LogP contribution is 2.22. The Kier molecular flexibility index (Phi) is 5.32. The van der Waals surface area contributed by atoms with E-state index in [4.69, 9.17) is 4.84 Å². The quantitative estimate of drug-likeness (QED) is 0.820. The summed E-state index contributed by atoms with van der Waals surface area (Å²) < 4.78 is 0. The molecule has 0 aliphatic carbocycles. The summed E-state index contributed by atoms with van der Waals surface area (Å²) in [5, 5.41) is 0. The zero-order valence-electron chi connectivity index (χ0n) is 11.8. The molecule has 0 aliphatic heterocycles. The van der Waals surface area contributed by atoms with Crippen molar-refractivity contribution in [2.75, 3.05) is 0 Å². The Balaban J connectivity index is 1.87. The van der Waals surface area contributed by atoms with Crippen LogP contribution >= 0.6 is 11.3 Å². The molecule has 20 heavy (non-hydrogen) atoms. The maximum atomic E-state index is 12.0. The molecule has 0 atom stereocenters. The molecule has 1 N–H and O–H groups in total. The zero-order chi connectivity index (χ0) is 14.4. The van der Waals surface area contributed by atoms with Gasteiger partial charge in [-0.05, 0) is 30.5 Å². The molecule has 0 bridgehead atoms. The lowest BCUT2D eigenvalue weighted by Gasteiger charge is -2.04. The van der Waals surface area contributed by atoms with Crippen LogP contribution in [0.2, 0.25) is 0 Å². The number of thiophene rings is 1. The summed E-state index contributed by atoms with van der Waals surface area (Å²) in [6.45, 7) is 4.57. The van der Waals surface area contributed by atoms with Crippen LogP contribution in [0.15, 0.2) is 36.4 Å². The Morgan fingerprint density at radius 1 is 1.30 bits per heavy atom. The van der Waals surface area contributed by atoms with E-state index < -0.39 is 0 Å². The molecule has 1 heterocycles. The van der Waals surface area contributed by atoms with Gasteiger partial charge in [-0.3, -0.25) is 9.63 Å². The molecule has 0 unspecified atom stereocenters. The van der Waals surface area contributed by atoms with Crippen LogP contribution in [-0.2, 0) is 17.9 Å².